The van der Waals surface area contributed by atoms with Gasteiger partial charge in [-0.15, -0.1) is 0 Å². The zero-order valence-corrected chi connectivity index (χ0v) is 12.8. The molecule has 1 heterocycles. The Hall–Kier alpha value is -1.85. The van der Waals surface area contributed by atoms with E-state index < -0.39 is 0 Å². The van der Waals surface area contributed by atoms with E-state index in [1.165, 1.54) is 0 Å². The highest BCUT2D eigenvalue weighted by molar-refractivity contribution is 6.35. The quantitative estimate of drug-likeness (QED) is 0.855. The third-order valence-corrected chi connectivity index (χ3v) is 4.16. The van der Waals surface area contributed by atoms with E-state index in [-0.39, 0.29) is 18.6 Å². The van der Waals surface area contributed by atoms with Crippen molar-refractivity contribution in [1.82, 2.24) is 10.3 Å². The molecule has 22 heavy (non-hydrogen) atoms. The summed E-state index contributed by atoms with van der Waals surface area (Å²) in [5, 5.41) is 4.34. The van der Waals surface area contributed by atoms with Crippen LogP contribution in [-0.4, -0.2) is 30.1 Å². The Morgan fingerprint density at radius 1 is 1.45 bits per heavy atom. The number of hydrogen-bond acceptors (Lipinski definition) is 4. The topological polar surface area (TPSA) is 77.2 Å². The van der Waals surface area contributed by atoms with Gasteiger partial charge in [0.25, 0.3) is 5.91 Å². The molecule has 1 atom stereocenters. The standard InChI is InChI=1S/C16H18ClN3O2/c17-12-5-6-14(16-11(12)2-1-7-19-16)22-9-15(21)20-13(8-18)10-3-4-10/h1-2,5-7,10,13H,3-4,8-9,18H2,(H,20,21). The van der Waals surface area contributed by atoms with Crippen LogP contribution in [0.2, 0.25) is 5.02 Å². The third-order valence-electron chi connectivity index (χ3n) is 3.83. The van der Waals surface area contributed by atoms with Crippen molar-refractivity contribution in [2.24, 2.45) is 11.7 Å². The summed E-state index contributed by atoms with van der Waals surface area (Å²) in [6.45, 7) is 0.401. The summed E-state index contributed by atoms with van der Waals surface area (Å²) in [6.07, 6.45) is 3.94. The molecule has 1 unspecified atom stereocenters. The molecular weight excluding hydrogens is 302 g/mol. The number of nitrogens with one attached hydrogen (secondary N) is 1. The van der Waals surface area contributed by atoms with Gasteiger partial charge in [-0.3, -0.25) is 9.78 Å². The molecule has 1 aliphatic rings. The number of nitrogens with two attached hydrogens (primary N) is 1. The Balaban J connectivity index is 1.66. The molecule has 6 heteroatoms. The van der Waals surface area contributed by atoms with Crippen LogP contribution in [0.3, 0.4) is 0 Å². The van der Waals surface area contributed by atoms with E-state index in [0.29, 0.717) is 28.8 Å². The number of nitrogens with zero attached hydrogens (tertiary/aromatic N) is 1. The van der Waals surface area contributed by atoms with Gasteiger partial charge in [-0.2, -0.15) is 0 Å². The molecular formula is C16H18ClN3O2. The highest BCUT2D eigenvalue weighted by atomic mass is 35.5. The second-order valence-electron chi connectivity index (χ2n) is 5.48. The highest BCUT2D eigenvalue weighted by Crippen LogP contribution is 2.32. The predicted octanol–water partition coefficient (Wildman–Crippen LogP) is 2.12. The molecule has 3 N–H and O–H groups in total. The molecule has 0 saturated heterocycles. The summed E-state index contributed by atoms with van der Waals surface area (Å²) in [7, 11) is 0. The monoisotopic (exact) mass is 319 g/mol. The van der Waals surface area contributed by atoms with Gasteiger partial charge in [-0.25, -0.2) is 0 Å². The Kier molecular flexibility index (Phi) is 4.45. The highest BCUT2D eigenvalue weighted by Gasteiger charge is 2.31. The van der Waals surface area contributed by atoms with Crippen LogP contribution in [0.15, 0.2) is 30.5 Å². The van der Waals surface area contributed by atoms with Crippen LogP contribution >= 0.6 is 11.6 Å². The number of carbonyl (C=O) groups excluding carboxylic acids is 1. The van der Waals surface area contributed by atoms with Gasteiger partial charge < -0.3 is 15.8 Å². The molecule has 1 saturated carbocycles. The minimum Gasteiger partial charge on any atom is -0.481 e. The SMILES string of the molecule is NCC(NC(=O)COc1ccc(Cl)c2cccnc12)C1CC1. The predicted molar refractivity (Wildman–Crippen MR) is 86.0 cm³/mol. The number of halogens is 1. The molecule has 2 aromatic rings. The van der Waals surface area contributed by atoms with Crippen molar-refractivity contribution in [2.45, 2.75) is 18.9 Å². The number of rotatable bonds is 6. The fraction of sp³-hybridized carbons (Fsp3) is 0.375. The van der Waals surface area contributed by atoms with Crippen molar-refractivity contribution in [3.05, 3.63) is 35.5 Å². The Morgan fingerprint density at radius 3 is 3.00 bits per heavy atom. The first-order valence-electron chi connectivity index (χ1n) is 7.34. The van der Waals surface area contributed by atoms with Crippen LogP contribution in [0.4, 0.5) is 0 Å². The van der Waals surface area contributed by atoms with Crippen molar-refractivity contribution in [3.8, 4) is 5.75 Å². The normalized spacial score (nSPS) is 15.5. The second-order valence-corrected chi connectivity index (χ2v) is 5.89. The Bertz CT molecular complexity index is 688. The lowest BCUT2D eigenvalue weighted by Gasteiger charge is -2.16. The first kappa shape index (κ1) is 15.1. The molecule has 116 valence electrons. The van der Waals surface area contributed by atoms with Crippen molar-refractivity contribution in [3.63, 3.8) is 0 Å². The molecule has 0 spiro atoms. The molecule has 0 radical (unpaired) electrons. The van der Waals surface area contributed by atoms with Crippen LogP contribution in [0.5, 0.6) is 5.75 Å². The largest absolute Gasteiger partial charge is 0.481 e. The fourth-order valence-corrected chi connectivity index (χ4v) is 2.70. The van der Waals surface area contributed by atoms with E-state index in [1.54, 1.807) is 18.3 Å². The molecule has 0 bridgehead atoms. The molecule has 5 nitrogen and oxygen atoms in total. The number of pyridine rings is 1. The lowest BCUT2D eigenvalue weighted by atomic mass is 10.2. The molecule has 1 aromatic carbocycles. The zero-order chi connectivity index (χ0) is 15.5. The first-order valence-corrected chi connectivity index (χ1v) is 7.72. The average molecular weight is 320 g/mol. The first-order chi connectivity index (χ1) is 10.7. The van der Waals surface area contributed by atoms with Crippen LogP contribution in [-0.2, 0) is 4.79 Å². The van der Waals surface area contributed by atoms with Crippen molar-refractivity contribution < 1.29 is 9.53 Å². The van der Waals surface area contributed by atoms with E-state index in [0.717, 1.165) is 18.2 Å². The van der Waals surface area contributed by atoms with E-state index in [9.17, 15) is 4.79 Å². The minimum atomic E-state index is -0.165. The van der Waals surface area contributed by atoms with E-state index in [2.05, 4.69) is 10.3 Å². The van der Waals surface area contributed by atoms with E-state index >= 15 is 0 Å². The summed E-state index contributed by atoms with van der Waals surface area (Å²) >= 11 is 6.13. The van der Waals surface area contributed by atoms with Gasteiger partial charge in [0.1, 0.15) is 11.3 Å². The molecule has 1 aliphatic carbocycles. The van der Waals surface area contributed by atoms with Gasteiger partial charge in [0.2, 0.25) is 0 Å². The van der Waals surface area contributed by atoms with Gasteiger partial charge >= 0.3 is 0 Å². The number of benzene rings is 1. The number of ether oxygens (including phenoxy) is 1. The molecule has 1 aromatic heterocycles. The molecule has 3 rings (SSSR count). The van der Waals surface area contributed by atoms with E-state index in [4.69, 9.17) is 22.1 Å². The summed E-state index contributed by atoms with van der Waals surface area (Å²) < 4.78 is 5.61. The van der Waals surface area contributed by atoms with Gasteiger partial charge in [0, 0.05) is 24.2 Å². The van der Waals surface area contributed by atoms with Crippen molar-refractivity contribution >= 4 is 28.4 Å². The fourth-order valence-electron chi connectivity index (χ4n) is 2.49. The summed E-state index contributed by atoms with van der Waals surface area (Å²) in [4.78, 5) is 16.3. The average Bonchev–Trinajstić information content (AvgIpc) is 3.37. The number of fused-ring (bicyclic) bond motifs is 1. The summed E-state index contributed by atoms with van der Waals surface area (Å²) in [5.74, 6) is 0.902. The van der Waals surface area contributed by atoms with Gasteiger partial charge in [0.15, 0.2) is 6.61 Å². The lowest BCUT2D eigenvalue weighted by molar-refractivity contribution is -0.123. The third kappa shape index (κ3) is 3.31. The Labute approximate surface area is 133 Å². The van der Waals surface area contributed by atoms with Crippen LogP contribution < -0.4 is 15.8 Å². The maximum Gasteiger partial charge on any atom is 0.258 e. The number of aromatic nitrogens is 1. The van der Waals surface area contributed by atoms with Crippen molar-refractivity contribution in [1.29, 1.82) is 0 Å². The molecule has 1 amide bonds. The minimum absolute atomic E-state index is 0.0520. The van der Waals surface area contributed by atoms with Crippen LogP contribution in [0.1, 0.15) is 12.8 Å². The smallest absolute Gasteiger partial charge is 0.258 e. The van der Waals surface area contributed by atoms with Crippen molar-refractivity contribution in [2.75, 3.05) is 13.2 Å². The van der Waals surface area contributed by atoms with Crippen LogP contribution in [0.25, 0.3) is 10.9 Å². The summed E-state index contributed by atoms with van der Waals surface area (Å²) in [6, 6.07) is 7.20. The number of amides is 1. The number of carbonyl (C=O) groups is 1. The van der Waals surface area contributed by atoms with E-state index in [1.807, 2.05) is 12.1 Å². The maximum atomic E-state index is 12.0. The number of hydrogen-bond donors (Lipinski definition) is 2. The zero-order valence-electron chi connectivity index (χ0n) is 12.1. The maximum absolute atomic E-state index is 12.0. The second kappa shape index (κ2) is 6.50. The van der Waals surface area contributed by atoms with Gasteiger partial charge in [-0.05, 0) is 43.0 Å². The lowest BCUT2D eigenvalue weighted by Crippen LogP contribution is -2.43. The Morgan fingerprint density at radius 2 is 2.27 bits per heavy atom. The molecule has 1 fully saturated rings. The summed E-state index contributed by atoms with van der Waals surface area (Å²) in [5.41, 5.74) is 6.33. The molecule has 0 aliphatic heterocycles. The van der Waals surface area contributed by atoms with Gasteiger partial charge in [-0.1, -0.05) is 11.6 Å². The van der Waals surface area contributed by atoms with Gasteiger partial charge in [0.05, 0.1) is 5.02 Å². The van der Waals surface area contributed by atoms with Crippen LogP contribution in [0, 0.1) is 5.92 Å².